The number of aliphatic hydroxyl groups excluding tert-OH is 1. The molecule has 2 aliphatic carbocycles. The molecule has 0 saturated heterocycles. The predicted octanol–water partition coefficient (Wildman–Crippen LogP) is 3.57. The van der Waals surface area contributed by atoms with Crippen molar-refractivity contribution in [1.82, 2.24) is 0 Å². The molecular weight excluding hydrogens is 224 g/mol. The van der Waals surface area contributed by atoms with Crippen LogP contribution in [-0.2, 0) is 0 Å². The zero-order valence-corrected chi connectivity index (χ0v) is 11.5. The van der Waals surface area contributed by atoms with Gasteiger partial charge in [0.2, 0.25) is 0 Å². The van der Waals surface area contributed by atoms with Gasteiger partial charge in [-0.3, -0.25) is 0 Å². The van der Waals surface area contributed by atoms with Crippen molar-refractivity contribution < 1.29 is 10.2 Å². The number of hydrogen-bond donors (Lipinski definition) is 2. The molecule has 2 atom stereocenters. The zero-order valence-electron chi connectivity index (χ0n) is 11.5. The van der Waals surface area contributed by atoms with Crippen molar-refractivity contribution in [1.29, 1.82) is 0 Å². The van der Waals surface area contributed by atoms with E-state index in [4.69, 9.17) is 0 Å². The third-order valence-electron chi connectivity index (χ3n) is 4.78. The summed E-state index contributed by atoms with van der Waals surface area (Å²) in [6, 6.07) is 0. The van der Waals surface area contributed by atoms with Crippen LogP contribution in [0.2, 0.25) is 0 Å². The second-order valence-electron chi connectivity index (χ2n) is 6.53. The van der Waals surface area contributed by atoms with Gasteiger partial charge in [-0.05, 0) is 44.4 Å². The molecule has 0 unspecified atom stereocenters. The van der Waals surface area contributed by atoms with Crippen molar-refractivity contribution in [2.75, 3.05) is 0 Å². The molecule has 2 N–H and O–H groups in total. The van der Waals surface area contributed by atoms with Crippen molar-refractivity contribution in [3.05, 3.63) is 12.2 Å². The van der Waals surface area contributed by atoms with Crippen LogP contribution in [0.1, 0.15) is 70.6 Å². The van der Waals surface area contributed by atoms with E-state index in [1.165, 1.54) is 12.8 Å². The maximum Gasteiger partial charge on any atom is 0.0684 e. The van der Waals surface area contributed by atoms with E-state index < -0.39 is 5.60 Å². The maximum absolute atomic E-state index is 10.5. The lowest BCUT2D eigenvalue weighted by Crippen LogP contribution is -2.32. The van der Waals surface area contributed by atoms with Crippen molar-refractivity contribution in [2.24, 2.45) is 5.92 Å². The molecule has 2 heteroatoms. The van der Waals surface area contributed by atoms with Gasteiger partial charge in [0, 0.05) is 0 Å². The second-order valence-corrected chi connectivity index (χ2v) is 6.53. The summed E-state index contributed by atoms with van der Waals surface area (Å²) in [5, 5.41) is 20.5. The van der Waals surface area contributed by atoms with Crippen LogP contribution in [-0.4, -0.2) is 21.9 Å². The summed E-state index contributed by atoms with van der Waals surface area (Å²) in [6.45, 7) is 4.15. The highest BCUT2D eigenvalue weighted by atomic mass is 16.3. The number of rotatable bonds is 4. The lowest BCUT2D eigenvalue weighted by atomic mass is 9.77. The Morgan fingerprint density at radius 2 is 1.72 bits per heavy atom. The second kappa shape index (κ2) is 6.21. The van der Waals surface area contributed by atoms with Crippen molar-refractivity contribution in [2.45, 2.75) is 82.3 Å². The van der Waals surface area contributed by atoms with Crippen LogP contribution in [0.4, 0.5) is 0 Å². The van der Waals surface area contributed by atoms with Crippen LogP contribution in [0.5, 0.6) is 0 Å². The molecule has 2 aliphatic rings. The molecular formula is C16H28O2. The normalized spacial score (nSPS) is 32.1. The molecule has 2 rings (SSSR count). The molecule has 0 aromatic rings. The minimum absolute atomic E-state index is 0.142. The molecule has 0 bridgehead atoms. The van der Waals surface area contributed by atoms with Gasteiger partial charge >= 0.3 is 0 Å². The smallest absolute Gasteiger partial charge is 0.0684 e. The first kappa shape index (κ1) is 14.1. The average molecular weight is 252 g/mol. The molecule has 0 aliphatic heterocycles. The molecule has 0 amide bonds. The molecule has 18 heavy (non-hydrogen) atoms. The van der Waals surface area contributed by atoms with E-state index in [1.807, 2.05) is 0 Å². The molecule has 0 heterocycles. The number of hydrogen-bond acceptors (Lipinski definition) is 2. The van der Waals surface area contributed by atoms with Crippen LogP contribution in [0.3, 0.4) is 0 Å². The molecule has 2 saturated carbocycles. The van der Waals surface area contributed by atoms with E-state index in [-0.39, 0.29) is 6.10 Å². The van der Waals surface area contributed by atoms with Gasteiger partial charge in [-0.25, -0.2) is 0 Å². The monoisotopic (exact) mass is 252 g/mol. The highest BCUT2D eigenvalue weighted by molar-refractivity contribution is 5.04. The van der Waals surface area contributed by atoms with E-state index >= 15 is 0 Å². The first-order chi connectivity index (χ1) is 8.59. The largest absolute Gasteiger partial charge is 0.393 e. The van der Waals surface area contributed by atoms with Crippen LogP contribution >= 0.6 is 0 Å². The van der Waals surface area contributed by atoms with E-state index in [9.17, 15) is 10.2 Å². The Kier molecular flexibility index (Phi) is 4.85. The molecule has 2 fully saturated rings. The van der Waals surface area contributed by atoms with E-state index in [1.54, 1.807) is 0 Å². The Labute approximate surface area is 111 Å². The maximum atomic E-state index is 10.5. The molecule has 2 nitrogen and oxygen atoms in total. The van der Waals surface area contributed by atoms with E-state index in [2.05, 4.69) is 6.58 Å². The molecule has 0 aromatic heterocycles. The van der Waals surface area contributed by atoms with Crippen molar-refractivity contribution in [3.8, 4) is 0 Å². The fraction of sp³-hybridized carbons (Fsp3) is 0.875. The summed E-state index contributed by atoms with van der Waals surface area (Å²) in [4.78, 5) is 0. The topological polar surface area (TPSA) is 40.5 Å². The number of aliphatic hydroxyl groups is 2. The van der Waals surface area contributed by atoms with Crippen molar-refractivity contribution in [3.63, 3.8) is 0 Å². The van der Waals surface area contributed by atoms with Crippen LogP contribution in [0.15, 0.2) is 12.2 Å². The molecule has 0 aromatic carbocycles. The van der Waals surface area contributed by atoms with Gasteiger partial charge in [0.15, 0.2) is 0 Å². The highest BCUT2D eigenvalue weighted by Gasteiger charge is 2.31. The standard InChI is InChI=1S/C16H28O2/c1-13(11-14-7-3-4-8-15(14)17)12-16(18)9-5-2-6-10-16/h14-15,17-18H,1-12H2/t14-,15+/m0/s1. The summed E-state index contributed by atoms with van der Waals surface area (Å²) in [5.41, 5.74) is 0.653. The van der Waals surface area contributed by atoms with Gasteiger partial charge in [-0.1, -0.05) is 44.3 Å². The average Bonchev–Trinajstić information content (AvgIpc) is 2.32. The zero-order chi connectivity index (χ0) is 13.0. The minimum atomic E-state index is -0.491. The van der Waals surface area contributed by atoms with E-state index in [0.29, 0.717) is 5.92 Å². The van der Waals surface area contributed by atoms with Gasteiger partial charge in [0.1, 0.15) is 0 Å². The lowest BCUT2D eigenvalue weighted by Gasteiger charge is -2.34. The Morgan fingerprint density at radius 3 is 2.39 bits per heavy atom. The van der Waals surface area contributed by atoms with Gasteiger partial charge in [0.25, 0.3) is 0 Å². The Hall–Kier alpha value is -0.340. The van der Waals surface area contributed by atoms with Gasteiger partial charge in [-0.2, -0.15) is 0 Å². The van der Waals surface area contributed by atoms with Crippen LogP contribution in [0.25, 0.3) is 0 Å². The molecule has 104 valence electrons. The third kappa shape index (κ3) is 3.83. The minimum Gasteiger partial charge on any atom is -0.393 e. The predicted molar refractivity (Wildman–Crippen MR) is 74.4 cm³/mol. The van der Waals surface area contributed by atoms with Crippen molar-refractivity contribution >= 4 is 0 Å². The van der Waals surface area contributed by atoms with Gasteiger partial charge < -0.3 is 10.2 Å². The Morgan fingerprint density at radius 1 is 1.06 bits per heavy atom. The molecule has 0 spiro atoms. The van der Waals surface area contributed by atoms with Crippen LogP contribution < -0.4 is 0 Å². The first-order valence-corrected chi connectivity index (χ1v) is 7.66. The van der Waals surface area contributed by atoms with Gasteiger partial charge in [-0.15, -0.1) is 0 Å². The Bertz CT molecular complexity index is 279. The molecule has 0 radical (unpaired) electrons. The fourth-order valence-corrected chi connectivity index (χ4v) is 3.72. The first-order valence-electron chi connectivity index (χ1n) is 7.66. The Balaban J connectivity index is 1.80. The lowest BCUT2D eigenvalue weighted by molar-refractivity contribution is 0.00182. The summed E-state index contributed by atoms with van der Waals surface area (Å²) >= 11 is 0. The third-order valence-corrected chi connectivity index (χ3v) is 4.78. The summed E-state index contributed by atoms with van der Waals surface area (Å²) in [7, 11) is 0. The quantitative estimate of drug-likeness (QED) is 0.751. The summed E-state index contributed by atoms with van der Waals surface area (Å²) in [6.07, 6.45) is 11.4. The fourth-order valence-electron chi connectivity index (χ4n) is 3.72. The van der Waals surface area contributed by atoms with Gasteiger partial charge in [0.05, 0.1) is 11.7 Å². The van der Waals surface area contributed by atoms with E-state index in [0.717, 1.165) is 63.4 Å². The van der Waals surface area contributed by atoms with Crippen LogP contribution in [0, 0.1) is 5.92 Å². The highest BCUT2D eigenvalue weighted by Crippen LogP contribution is 2.36. The summed E-state index contributed by atoms with van der Waals surface area (Å²) in [5.74, 6) is 0.387. The summed E-state index contributed by atoms with van der Waals surface area (Å²) < 4.78 is 0. The SMILES string of the molecule is C=C(C[C@@H]1CCCC[C@H]1O)CC1(O)CCCCC1.